The molecule has 1 heterocycles. The van der Waals surface area contributed by atoms with E-state index in [9.17, 15) is 0 Å². The lowest BCUT2D eigenvalue weighted by atomic mass is 10.0. The molecule has 0 saturated heterocycles. The number of methoxy groups -OCH3 is 1. The molecule has 0 spiro atoms. The molecule has 0 bridgehead atoms. The molecule has 108 valence electrons. The molecule has 1 aromatic carbocycles. The van der Waals surface area contributed by atoms with Gasteiger partial charge in [-0.3, -0.25) is 0 Å². The smallest absolute Gasteiger partial charge is 0.124 e. The number of ether oxygens (including phenoxy) is 1. The van der Waals surface area contributed by atoms with Gasteiger partial charge in [-0.15, -0.1) is 0 Å². The molecule has 1 aromatic heterocycles. The van der Waals surface area contributed by atoms with Gasteiger partial charge in [0.15, 0.2) is 0 Å². The van der Waals surface area contributed by atoms with E-state index in [-0.39, 0.29) is 0 Å². The second kappa shape index (κ2) is 5.97. The molecule has 1 N–H and O–H groups in total. The molecule has 0 fully saturated rings. The monoisotopic (exact) mass is 337 g/mol. The first kappa shape index (κ1) is 15.1. The second-order valence-corrected chi connectivity index (χ2v) is 5.65. The highest BCUT2D eigenvalue weighted by molar-refractivity contribution is 9.10. The maximum atomic E-state index is 5.42. The van der Waals surface area contributed by atoms with E-state index >= 15 is 0 Å². The largest absolute Gasteiger partial charge is 0.496 e. The minimum Gasteiger partial charge on any atom is -0.496 e. The number of rotatable bonds is 4. The predicted octanol–water partition coefficient (Wildman–Crippen LogP) is 3.19. The summed E-state index contributed by atoms with van der Waals surface area (Å²) >= 11 is 3.63. The number of nitrogens with one attached hydrogen (secondary N) is 1. The molecule has 0 saturated carbocycles. The number of hydrogen-bond acceptors (Lipinski definition) is 3. The molecule has 0 aliphatic rings. The van der Waals surface area contributed by atoms with E-state index < -0.39 is 0 Å². The third-order valence-corrected chi connectivity index (χ3v) is 4.30. The molecule has 0 atom stereocenters. The molecule has 0 aliphatic heterocycles. The van der Waals surface area contributed by atoms with Crippen molar-refractivity contribution in [1.82, 2.24) is 14.9 Å². The molecule has 0 radical (unpaired) electrons. The van der Waals surface area contributed by atoms with Crippen molar-refractivity contribution in [1.29, 1.82) is 0 Å². The number of halogens is 1. The molecule has 5 heteroatoms. The van der Waals surface area contributed by atoms with Crippen LogP contribution >= 0.6 is 15.9 Å². The Morgan fingerprint density at radius 2 is 1.90 bits per heavy atom. The fourth-order valence-electron chi connectivity index (χ4n) is 2.43. The van der Waals surface area contributed by atoms with Gasteiger partial charge >= 0.3 is 0 Å². The van der Waals surface area contributed by atoms with Gasteiger partial charge in [0.25, 0.3) is 0 Å². The molecular weight excluding hydrogens is 318 g/mol. The van der Waals surface area contributed by atoms with Crippen molar-refractivity contribution in [2.75, 3.05) is 14.2 Å². The van der Waals surface area contributed by atoms with Crippen molar-refractivity contribution in [3.05, 3.63) is 33.7 Å². The minimum absolute atomic E-state index is 0.739. The Balaban J connectivity index is 2.54. The molecule has 0 amide bonds. The fourth-order valence-corrected chi connectivity index (χ4v) is 2.95. The summed E-state index contributed by atoms with van der Waals surface area (Å²) in [5.74, 6) is 1.94. The second-order valence-electron chi connectivity index (χ2n) is 4.90. The molecule has 4 nitrogen and oxygen atoms in total. The van der Waals surface area contributed by atoms with Gasteiger partial charge in [0.05, 0.1) is 13.7 Å². The Labute approximate surface area is 128 Å². The number of aryl methyl sites for hydroxylation is 2. The van der Waals surface area contributed by atoms with Crippen LogP contribution in [-0.4, -0.2) is 23.7 Å². The highest BCUT2D eigenvalue weighted by atomic mass is 79.9. The number of nitrogens with zero attached hydrogens (tertiary/aromatic N) is 2. The van der Waals surface area contributed by atoms with E-state index in [0.29, 0.717) is 0 Å². The zero-order valence-corrected chi connectivity index (χ0v) is 14.1. The first-order valence-corrected chi connectivity index (χ1v) is 7.30. The molecular formula is C15H20BrN3O. The van der Waals surface area contributed by atoms with E-state index in [1.54, 1.807) is 7.11 Å². The zero-order valence-electron chi connectivity index (χ0n) is 12.5. The van der Waals surface area contributed by atoms with Crippen LogP contribution in [0.1, 0.15) is 17.0 Å². The Bertz CT molecular complexity index is 611. The summed E-state index contributed by atoms with van der Waals surface area (Å²) in [6.07, 6.45) is 0. The first-order chi connectivity index (χ1) is 9.49. The van der Waals surface area contributed by atoms with Crippen molar-refractivity contribution in [3.8, 4) is 17.0 Å². The van der Waals surface area contributed by atoms with Gasteiger partial charge < -0.3 is 14.6 Å². The third-order valence-electron chi connectivity index (χ3n) is 3.39. The van der Waals surface area contributed by atoms with Crippen LogP contribution in [0, 0.1) is 13.8 Å². The van der Waals surface area contributed by atoms with E-state index in [1.165, 1.54) is 0 Å². The number of benzene rings is 1. The number of hydrogen-bond donors (Lipinski definition) is 1. The van der Waals surface area contributed by atoms with Crippen LogP contribution in [0.4, 0.5) is 0 Å². The summed E-state index contributed by atoms with van der Waals surface area (Å²) in [4.78, 5) is 4.72. The van der Waals surface area contributed by atoms with Crippen molar-refractivity contribution in [3.63, 3.8) is 0 Å². The Hall–Kier alpha value is -1.33. The Morgan fingerprint density at radius 3 is 2.40 bits per heavy atom. The normalized spacial score (nSPS) is 10.9. The fraction of sp³-hybridized carbons (Fsp3) is 0.400. The molecule has 0 aliphatic carbocycles. The van der Waals surface area contributed by atoms with Gasteiger partial charge in [-0.25, -0.2) is 4.98 Å². The molecule has 2 rings (SSSR count). The van der Waals surface area contributed by atoms with Crippen molar-refractivity contribution in [2.45, 2.75) is 20.4 Å². The van der Waals surface area contributed by atoms with Crippen molar-refractivity contribution in [2.24, 2.45) is 7.05 Å². The first-order valence-electron chi connectivity index (χ1n) is 6.50. The lowest BCUT2D eigenvalue weighted by molar-refractivity contribution is 0.408. The van der Waals surface area contributed by atoms with Crippen LogP contribution in [0.25, 0.3) is 11.3 Å². The minimum atomic E-state index is 0.739. The van der Waals surface area contributed by atoms with Gasteiger partial charge in [-0.1, -0.05) is 0 Å². The average molecular weight is 338 g/mol. The van der Waals surface area contributed by atoms with E-state index in [2.05, 4.69) is 51.8 Å². The van der Waals surface area contributed by atoms with Crippen LogP contribution in [0.3, 0.4) is 0 Å². The van der Waals surface area contributed by atoms with Gasteiger partial charge in [-0.2, -0.15) is 0 Å². The Kier molecular flexibility index (Phi) is 4.50. The highest BCUT2D eigenvalue weighted by Gasteiger charge is 2.15. The van der Waals surface area contributed by atoms with Gasteiger partial charge in [0.2, 0.25) is 0 Å². The number of imidazole rings is 1. The molecule has 20 heavy (non-hydrogen) atoms. The van der Waals surface area contributed by atoms with Crippen LogP contribution in [0.5, 0.6) is 5.75 Å². The topological polar surface area (TPSA) is 39.1 Å². The van der Waals surface area contributed by atoms with E-state index in [4.69, 9.17) is 9.72 Å². The summed E-state index contributed by atoms with van der Waals surface area (Å²) < 4.78 is 8.47. The zero-order chi connectivity index (χ0) is 14.9. The summed E-state index contributed by atoms with van der Waals surface area (Å²) in [5, 5.41) is 3.13. The highest BCUT2D eigenvalue weighted by Crippen LogP contribution is 2.33. The van der Waals surface area contributed by atoms with Gasteiger partial charge in [0, 0.05) is 12.6 Å². The van der Waals surface area contributed by atoms with Crippen molar-refractivity contribution < 1.29 is 4.74 Å². The lowest BCUT2D eigenvalue weighted by Gasteiger charge is -2.10. The van der Waals surface area contributed by atoms with Gasteiger partial charge in [0.1, 0.15) is 21.9 Å². The Morgan fingerprint density at radius 1 is 1.30 bits per heavy atom. The quantitative estimate of drug-likeness (QED) is 0.931. The molecule has 0 unspecified atom stereocenters. The van der Waals surface area contributed by atoms with Crippen LogP contribution in [-0.2, 0) is 13.6 Å². The number of aromatic nitrogens is 2. The average Bonchev–Trinajstić information content (AvgIpc) is 2.67. The van der Waals surface area contributed by atoms with Crippen LogP contribution in [0.15, 0.2) is 16.7 Å². The summed E-state index contributed by atoms with van der Waals surface area (Å²) in [6.45, 7) is 4.85. The maximum Gasteiger partial charge on any atom is 0.124 e. The van der Waals surface area contributed by atoms with Crippen LogP contribution in [0.2, 0.25) is 0 Å². The summed E-state index contributed by atoms with van der Waals surface area (Å²) in [6, 6.07) is 4.23. The van der Waals surface area contributed by atoms with E-state index in [1.807, 2.05) is 14.1 Å². The summed E-state index contributed by atoms with van der Waals surface area (Å²) in [5.41, 5.74) is 4.31. The third kappa shape index (κ3) is 2.60. The van der Waals surface area contributed by atoms with Crippen LogP contribution < -0.4 is 10.1 Å². The lowest BCUT2D eigenvalue weighted by Crippen LogP contribution is -2.10. The van der Waals surface area contributed by atoms with Crippen molar-refractivity contribution >= 4 is 15.9 Å². The van der Waals surface area contributed by atoms with E-state index in [0.717, 1.165) is 45.1 Å². The maximum absolute atomic E-state index is 5.42. The SMILES string of the molecule is CNCc1nc(-c2cc(C)c(OC)c(C)c2)c(Br)n1C. The van der Waals surface area contributed by atoms with Gasteiger partial charge in [-0.05, 0) is 60.1 Å². The predicted molar refractivity (Wildman–Crippen MR) is 85.1 cm³/mol. The summed E-state index contributed by atoms with van der Waals surface area (Å²) in [7, 11) is 5.64. The standard InChI is InChI=1S/C15H20BrN3O/c1-9-6-11(7-10(2)14(9)20-5)13-15(16)19(4)12(18-13)8-17-3/h6-7,17H,8H2,1-5H3. The molecule has 2 aromatic rings.